The lowest BCUT2D eigenvalue weighted by Crippen LogP contribution is -2.33. The fourth-order valence-corrected chi connectivity index (χ4v) is 2.15. The molecule has 0 saturated carbocycles. The van der Waals surface area contributed by atoms with Gasteiger partial charge in [-0.1, -0.05) is 26.0 Å². The van der Waals surface area contributed by atoms with Crippen molar-refractivity contribution in [1.29, 1.82) is 0 Å². The zero-order chi connectivity index (χ0) is 11.3. The Bertz CT molecular complexity index is 284. The van der Waals surface area contributed by atoms with E-state index in [2.05, 4.69) is 56.6 Å². The minimum absolute atomic E-state index is 0. The molecule has 1 aromatic rings. The van der Waals surface area contributed by atoms with Gasteiger partial charge in [-0.2, -0.15) is 0 Å². The SMILES string of the molecule is CSc1ccc(CC(C)NC(C)C)cc1.Cl. The Labute approximate surface area is 110 Å². The van der Waals surface area contributed by atoms with Gasteiger partial charge in [0.15, 0.2) is 0 Å². The molecule has 0 saturated heterocycles. The summed E-state index contributed by atoms with van der Waals surface area (Å²) in [6.07, 6.45) is 3.21. The van der Waals surface area contributed by atoms with Crippen molar-refractivity contribution in [3.63, 3.8) is 0 Å². The fraction of sp³-hybridized carbons (Fsp3) is 0.538. The summed E-state index contributed by atoms with van der Waals surface area (Å²) in [5.74, 6) is 0. The maximum atomic E-state index is 3.51. The van der Waals surface area contributed by atoms with Crippen molar-refractivity contribution in [2.75, 3.05) is 6.26 Å². The molecule has 0 radical (unpaired) electrons. The van der Waals surface area contributed by atoms with Gasteiger partial charge >= 0.3 is 0 Å². The molecule has 1 atom stereocenters. The van der Waals surface area contributed by atoms with E-state index in [-0.39, 0.29) is 12.4 Å². The van der Waals surface area contributed by atoms with E-state index >= 15 is 0 Å². The first-order chi connectivity index (χ1) is 7.11. The lowest BCUT2D eigenvalue weighted by molar-refractivity contribution is 0.487. The van der Waals surface area contributed by atoms with Gasteiger partial charge in [0, 0.05) is 17.0 Å². The Morgan fingerprint density at radius 1 is 1.12 bits per heavy atom. The molecule has 1 rings (SSSR count). The van der Waals surface area contributed by atoms with Crippen LogP contribution in [0.25, 0.3) is 0 Å². The molecule has 0 heterocycles. The number of benzene rings is 1. The first-order valence-electron chi connectivity index (χ1n) is 5.50. The Balaban J connectivity index is 0.00000225. The molecule has 1 unspecified atom stereocenters. The highest BCUT2D eigenvalue weighted by atomic mass is 35.5. The molecule has 0 aliphatic heterocycles. The van der Waals surface area contributed by atoms with Crippen LogP contribution in [-0.4, -0.2) is 18.3 Å². The van der Waals surface area contributed by atoms with Gasteiger partial charge in [0.1, 0.15) is 0 Å². The van der Waals surface area contributed by atoms with E-state index in [1.807, 2.05) is 0 Å². The fourth-order valence-electron chi connectivity index (χ4n) is 1.74. The van der Waals surface area contributed by atoms with Crippen molar-refractivity contribution < 1.29 is 0 Å². The summed E-state index contributed by atoms with van der Waals surface area (Å²) in [5, 5.41) is 3.51. The monoisotopic (exact) mass is 259 g/mol. The van der Waals surface area contributed by atoms with Gasteiger partial charge in [-0.3, -0.25) is 0 Å². The lowest BCUT2D eigenvalue weighted by atomic mass is 10.1. The summed E-state index contributed by atoms with van der Waals surface area (Å²) in [5.41, 5.74) is 1.41. The van der Waals surface area contributed by atoms with Crippen LogP contribution in [0.4, 0.5) is 0 Å². The average Bonchev–Trinajstić information content (AvgIpc) is 2.17. The molecule has 92 valence electrons. The second-order valence-electron chi connectivity index (χ2n) is 4.27. The quantitative estimate of drug-likeness (QED) is 0.809. The highest BCUT2D eigenvalue weighted by molar-refractivity contribution is 7.98. The summed E-state index contributed by atoms with van der Waals surface area (Å²) in [7, 11) is 0. The highest BCUT2D eigenvalue weighted by Gasteiger charge is 2.04. The smallest absolute Gasteiger partial charge is 0.00815 e. The van der Waals surface area contributed by atoms with E-state index in [4.69, 9.17) is 0 Å². The topological polar surface area (TPSA) is 12.0 Å². The van der Waals surface area contributed by atoms with Crippen molar-refractivity contribution >= 4 is 24.2 Å². The van der Waals surface area contributed by atoms with Gasteiger partial charge in [0.25, 0.3) is 0 Å². The normalized spacial score (nSPS) is 12.3. The van der Waals surface area contributed by atoms with Crippen LogP contribution in [-0.2, 0) is 6.42 Å². The lowest BCUT2D eigenvalue weighted by Gasteiger charge is -2.16. The zero-order valence-electron chi connectivity index (χ0n) is 10.5. The van der Waals surface area contributed by atoms with Crippen molar-refractivity contribution in [2.45, 2.75) is 44.2 Å². The van der Waals surface area contributed by atoms with Gasteiger partial charge in [-0.15, -0.1) is 24.2 Å². The molecule has 0 aliphatic carbocycles. The molecule has 3 heteroatoms. The van der Waals surface area contributed by atoms with Crippen LogP contribution in [0.3, 0.4) is 0 Å². The van der Waals surface area contributed by atoms with E-state index in [1.165, 1.54) is 10.5 Å². The minimum Gasteiger partial charge on any atom is -0.312 e. The van der Waals surface area contributed by atoms with Crippen LogP contribution in [0.5, 0.6) is 0 Å². The molecule has 0 amide bonds. The molecule has 0 spiro atoms. The summed E-state index contributed by atoms with van der Waals surface area (Å²) in [6, 6.07) is 9.95. The molecule has 1 nitrogen and oxygen atoms in total. The Hall–Kier alpha value is -0.180. The minimum atomic E-state index is 0. The maximum Gasteiger partial charge on any atom is 0.00815 e. The molecule has 0 aromatic heterocycles. The Morgan fingerprint density at radius 3 is 2.12 bits per heavy atom. The maximum absolute atomic E-state index is 3.51. The molecule has 0 fully saturated rings. The molecule has 1 aromatic carbocycles. The van der Waals surface area contributed by atoms with Gasteiger partial charge in [-0.05, 0) is 37.3 Å². The zero-order valence-corrected chi connectivity index (χ0v) is 12.1. The summed E-state index contributed by atoms with van der Waals surface area (Å²) < 4.78 is 0. The molecule has 1 N–H and O–H groups in total. The van der Waals surface area contributed by atoms with Crippen molar-refractivity contribution in [2.24, 2.45) is 0 Å². The predicted molar refractivity (Wildman–Crippen MR) is 76.9 cm³/mol. The Morgan fingerprint density at radius 2 is 1.69 bits per heavy atom. The van der Waals surface area contributed by atoms with Crippen LogP contribution >= 0.6 is 24.2 Å². The van der Waals surface area contributed by atoms with Gasteiger partial charge in [-0.25, -0.2) is 0 Å². The van der Waals surface area contributed by atoms with Crippen LogP contribution < -0.4 is 5.32 Å². The van der Waals surface area contributed by atoms with Crippen molar-refractivity contribution in [3.8, 4) is 0 Å². The number of nitrogens with one attached hydrogen (secondary N) is 1. The van der Waals surface area contributed by atoms with Gasteiger partial charge in [0.2, 0.25) is 0 Å². The first kappa shape index (κ1) is 15.8. The number of thioether (sulfide) groups is 1. The number of hydrogen-bond acceptors (Lipinski definition) is 2. The largest absolute Gasteiger partial charge is 0.312 e. The summed E-state index contributed by atoms with van der Waals surface area (Å²) in [4.78, 5) is 1.34. The highest BCUT2D eigenvalue weighted by Crippen LogP contribution is 2.15. The number of halogens is 1. The van der Waals surface area contributed by atoms with E-state index in [0.717, 1.165) is 6.42 Å². The van der Waals surface area contributed by atoms with Crippen LogP contribution in [0.2, 0.25) is 0 Å². The third-order valence-electron chi connectivity index (χ3n) is 2.32. The van der Waals surface area contributed by atoms with Crippen LogP contribution in [0, 0.1) is 0 Å². The third-order valence-corrected chi connectivity index (χ3v) is 3.06. The van der Waals surface area contributed by atoms with E-state index in [1.54, 1.807) is 11.8 Å². The van der Waals surface area contributed by atoms with E-state index < -0.39 is 0 Å². The average molecular weight is 260 g/mol. The predicted octanol–water partition coefficient (Wildman–Crippen LogP) is 3.76. The van der Waals surface area contributed by atoms with Crippen LogP contribution in [0.15, 0.2) is 29.2 Å². The van der Waals surface area contributed by atoms with Gasteiger partial charge in [0.05, 0.1) is 0 Å². The molecular weight excluding hydrogens is 238 g/mol. The number of rotatable bonds is 5. The first-order valence-corrected chi connectivity index (χ1v) is 6.73. The van der Waals surface area contributed by atoms with Crippen LogP contribution in [0.1, 0.15) is 26.3 Å². The molecule has 0 bridgehead atoms. The van der Waals surface area contributed by atoms with Crippen molar-refractivity contribution in [1.82, 2.24) is 5.32 Å². The molecular formula is C13H22ClNS. The standard InChI is InChI=1S/C13H21NS.ClH/c1-10(2)14-11(3)9-12-5-7-13(15-4)8-6-12;/h5-8,10-11,14H,9H2,1-4H3;1H. The summed E-state index contributed by atoms with van der Waals surface area (Å²) >= 11 is 1.79. The second-order valence-corrected chi connectivity index (χ2v) is 5.15. The molecule has 0 aliphatic rings. The number of hydrogen-bond donors (Lipinski definition) is 1. The molecule has 16 heavy (non-hydrogen) atoms. The Kier molecular flexibility index (Phi) is 7.90. The van der Waals surface area contributed by atoms with E-state index in [9.17, 15) is 0 Å². The summed E-state index contributed by atoms with van der Waals surface area (Å²) in [6.45, 7) is 6.61. The third kappa shape index (κ3) is 5.78. The second kappa shape index (κ2) is 7.99. The van der Waals surface area contributed by atoms with E-state index in [0.29, 0.717) is 12.1 Å². The van der Waals surface area contributed by atoms with Gasteiger partial charge < -0.3 is 5.32 Å². The van der Waals surface area contributed by atoms with Crippen molar-refractivity contribution in [3.05, 3.63) is 29.8 Å².